The molecule has 1 unspecified atom stereocenters. The van der Waals surface area contributed by atoms with Crippen molar-refractivity contribution in [1.29, 1.82) is 0 Å². The van der Waals surface area contributed by atoms with Gasteiger partial charge in [0.1, 0.15) is 5.75 Å². The summed E-state index contributed by atoms with van der Waals surface area (Å²) in [4.78, 5) is 16.0. The van der Waals surface area contributed by atoms with Gasteiger partial charge in [0.15, 0.2) is 6.04 Å². The standard InChI is InChI=1S/C14H17NO3/c1-9(2)8-12-14(16)18-13(15-12)10-4-6-11(17-3)7-5-10/h4-7,9,12H,8H2,1-3H3. The van der Waals surface area contributed by atoms with Crippen molar-refractivity contribution in [2.24, 2.45) is 10.9 Å². The molecular formula is C14H17NO3. The van der Waals surface area contributed by atoms with Crippen LogP contribution in [0, 0.1) is 5.92 Å². The number of hydrogen-bond donors (Lipinski definition) is 0. The van der Waals surface area contributed by atoms with Gasteiger partial charge in [-0.05, 0) is 36.6 Å². The van der Waals surface area contributed by atoms with Crippen LogP contribution in [0.5, 0.6) is 5.75 Å². The Morgan fingerprint density at radius 1 is 1.33 bits per heavy atom. The lowest BCUT2D eigenvalue weighted by molar-refractivity contribution is -0.135. The van der Waals surface area contributed by atoms with Crippen LogP contribution in [0.1, 0.15) is 25.8 Å². The molecule has 1 heterocycles. The average Bonchev–Trinajstić information content (AvgIpc) is 2.70. The number of rotatable bonds is 4. The Kier molecular flexibility index (Phi) is 3.65. The molecule has 1 aliphatic heterocycles. The largest absolute Gasteiger partial charge is 0.497 e. The molecule has 0 bridgehead atoms. The van der Waals surface area contributed by atoms with Gasteiger partial charge in [-0.25, -0.2) is 9.79 Å². The first-order chi connectivity index (χ1) is 8.60. The predicted octanol–water partition coefficient (Wildman–Crippen LogP) is 2.41. The summed E-state index contributed by atoms with van der Waals surface area (Å²) in [6.07, 6.45) is 0.721. The van der Waals surface area contributed by atoms with E-state index in [0.717, 1.165) is 17.7 Å². The Morgan fingerprint density at radius 3 is 2.56 bits per heavy atom. The minimum Gasteiger partial charge on any atom is -0.497 e. The SMILES string of the molecule is COc1ccc(C2=NC(CC(C)C)C(=O)O2)cc1. The van der Waals surface area contributed by atoms with E-state index in [1.54, 1.807) is 7.11 Å². The number of aliphatic imine (C=N–C) groups is 1. The third kappa shape index (κ3) is 2.70. The second-order valence-electron chi connectivity index (χ2n) is 4.73. The molecule has 0 aromatic heterocycles. The molecule has 0 radical (unpaired) electrons. The summed E-state index contributed by atoms with van der Waals surface area (Å²) >= 11 is 0. The topological polar surface area (TPSA) is 47.9 Å². The molecule has 2 rings (SSSR count). The van der Waals surface area contributed by atoms with Gasteiger partial charge in [0.05, 0.1) is 7.11 Å². The van der Waals surface area contributed by atoms with Crippen molar-refractivity contribution < 1.29 is 14.3 Å². The fourth-order valence-electron chi connectivity index (χ4n) is 1.85. The van der Waals surface area contributed by atoms with Crippen LogP contribution < -0.4 is 4.74 Å². The third-order valence-corrected chi connectivity index (χ3v) is 2.77. The molecule has 0 N–H and O–H groups in total. The molecule has 0 saturated carbocycles. The molecular weight excluding hydrogens is 230 g/mol. The van der Waals surface area contributed by atoms with Gasteiger partial charge < -0.3 is 9.47 Å². The van der Waals surface area contributed by atoms with Crippen LogP contribution in [0.4, 0.5) is 0 Å². The molecule has 4 heteroatoms. The molecule has 0 fully saturated rings. The van der Waals surface area contributed by atoms with Gasteiger partial charge >= 0.3 is 5.97 Å². The number of nitrogens with zero attached hydrogens (tertiary/aromatic N) is 1. The van der Waals surface area contributed by atoms with E-state index in [9.17, 15) is 4.79 Å². The van der Waals surface area contributed by atoms with Crippen LogP contribution in [-0.4, -0.2) is 25.0 Å². The van der Waals surface area contributed by atoms with E-state index in [4.69, 9.17) is 9.47 Å². The number of cyclic esters (lactones) is 1. The maximum Gasteiger partial charge on any atom is 0.337 e. The second-order valence-corrected chi connectivity index (χ2v) is 4.73. The summed E-state index contributed by atoms with van der Waals surface area (Å²) in [7, 11) is 1.61. The number of carbonyl (C=O) groups excluding carboxylic acids is 1. The van der Waals surface area contributed by atoms with E-state index in [1.807, 2.05) is 24.3 Å². The zero-order valence-corrected chi connectivity index (χ0v) is 10.8. The highest BCUT2D eigenvalue weighted by Crippen LogP contribution is 2.20. The lowest BCUT2D eigenvalue weighted by Crippen LogP contribution is -2.17. The Morgan fingerprint density at radius 2 is 2.00 bits per heavy atom. The van der Waals surface area contributed by atoms with Crippen LogP contribution in [0.25, 0.3) is 0 Å². The molecule has 1 atom stereocenters. The summed E-state index contributed by atoms with van der Waals surface area (Å²) in [6.45, 7) is 4.13. The Labute approximate surface area is 107 Å². The molecule has 0 spiro atoms. The van der Waals surface area contributed by atoms with Gasteiger partial charge in [-0.1, -0.05) is 13.8 Å². The van der Waals surface area contributed by atoms with Crippen molar-refractivity contribution in [2.45, 2.75) is 26.3 Å². The molecule has 18 heavy (non-hydrogen) atoms. The lowest BCUT2D eigenvalue weighted by atomic mass is 10.1. The Balaban J connectivity index is 2.15. The number of carbonyl (C=O) groups is 1. The summed E-state index contributed by atoms with van der Waals surface area (Å²) in [5.74, 6) is 1.34. The quantitative estimate of drug-likeness (QED) is 0.768. The van der Waals surface area contributed by atoms with E-state index in [2.05, 4.69) is 18.8 Å². The maximum atomic E-state index is 11.7. The normalized spacial score (nSPS) is 18.8. The van der Waals surface area contributed by atoms with Gasteiger partial charge in [-0.15, -0.1) is 0 Å². The van der Waals surface area contributed by atoms with Crippen molar-refractivity contribution in [2.75, 3.05) is 7.11 Å². The zero-order valence-electron chi connectivity index (χ0n) is 10.8. The van der Waals surface area contributed by atoms with E-state index >= 15 is 0 Å². The molecule has 1 aliphatic rings. The highest BCUT2D eigenvalue weighted by atomic mass is 16.6. The second kappa shape index (κ2) is 5.21. The molecule has 1 aromatic carbocycles. The smallest absolute Gasteiger partial charge is 0.337 e. The van der Waals surface area contributed by atoms with Gasteiger partial charge in [0.25, 0.3) is 0 Å². The van der Waals surface area contributed by atoms with Crippen LogP contribution >= 0.6 is 0 Å². The number of hydrogen-bond acceptors (Lipinski definition) is 4. The number of esters is 1. The Hall–Kier alpha value is -1.84. The monoisotopic (exact) mass is 247 g/mol. The highest BCUT2D eigenvalue weighted by molar-refractivity contribution is 6.06. The summed E-state index contributed by atoms with van der Waals surface area (Å²) in [5.41, 5.74) is 0.801. The summed E-state index contributed by atoms with van der Waals surface area (Å²) in [5, 5.41) is 0. The van der Waals surface area contributed by atoms with Crippen LogP contribution in [0.3, 0.4) is 0 Å². The van der Waals surface area contributed by atoms with Crippen molar-refractivity contribution in [1.82, 2.24) is 0 Å². The van der Waals surface area contributed by atoms with Crippen LogP contribution in [0.2, 0.25) is 0 Å². The van der Waals surface area contributed by atoms with Crippen molar-refractivity contribution >= 4 is 11.9 Å². The number of ether oxygens (including phenoxy) is 2. The van der Waals surface area contributed by atoms with Gasteiger partial charge in [-0.2, -0.15) is 0 Å². The zero-order chi connectivity index (χ0) is 13.1. The minimum absolute atomic E-state index is 0.255. The summed E-state index contributed by atoms with van der Waals surface area (Å²) in [6, 6.07) is 6.95. The first kappa shape index (κ1) is 12.6. The fraction of sp³-hybridized carbons (Fsp3) is 0.429. The highest BCUT2D eigenvalue weighted by Gasteiger charge is 2.30. The van der Waals surface area contributed by atoms with Crippen LogP contribution in [-0.2, 0) is 9.53 Å². The fourth-order valence-corrected chi connectivity index (χ4v) is 1.85. The first-order valence-corrected chi connectivity index (χ1v) is 6.04. The minimum atomic E-state index is -0.359. The van der Waals surface area contributed by atoms with Gasteiger partial charge in [0.2, 0.25) is 5.90 Å². The molecule has 96 valence electrons. The molecule has 0 amide bonds. The van der Waals surface area contributed by atoms with E-state index in [1.165, 1.54) is 0 Å². The van der Waals surface area contributed by atoms with Gasteiger partial charge in [-0.3, -0.25) is 0 Å². The van der Waals surface area contributed by atoms with Crippen molar-refractivity contribution in [3.8, 4) is 5.75 Å². The maximum absolute atomic E-state index is 11.7. The van der Waals surface area contributed by atoms with Crippen molar-refractivity contribution in [3.05, 3.63) is 29.8 Å². The van der Waals surface area contributed by atoms with Gasteiger partial charge in [0, 0.05) is 5.56 Å². The van der Waals surface area contributed by atoms with E-state index in [-0.39, 0.29) is 12.0 Å². The number of methoxy groups -OCH3 is 1. The predicted molar refractivity (Wildman–Crippen MR) is 68.9 cm³/mol. The Bertz CT molecular complexity index is 462. The third-order valence-electron chi connectivity index (χ3n) is 2.77. The molecule has 1 aromatic rings. The van der Waals surface area contributed by atoms with E-state index < -0.39 is 0 Å². The van der Waals surface area contributed by atoms with E-state index in [0.29, 0.717) is 11.8 Å². The lowest BCUT2D eigenvalue weighted by Gasteiger charge is -2.05. The van der Waals surface area contributed by atoms with Crippen LogP contribution in [0.15, 0.2) is 29.3 Å². The summed E-state index contributed by atoms with van der Waals surface area (Å²) < 4.78 is 10.3. The van der Waals surface area contributed by atoms with Crippen molar-refractivity contribution in [3.63, 3.8) is 0 Å². The molecule has 0 saturated heterocycles. The average molecular weight is 247 g/mol. The number of benzene rings is 1. The molecule has 4 nitrogen and oxygen atoms in total. The first-order valence-electron chi connectivity index (χ1n) is 6.04. The molecule has 0 aliphatic carbocycles.